The van der Waals surface area contributed by atoms with Gasteiger partial charge in [-0.2, -0.15) is 0 Å². The Morgan fingerprint density at radius 2 is 2.11 bits per heavy atom. The molecule has 2 aromatic heterocycles. The Balaban J connectivity index is 1.63. The second-order valence-electron chi connectivity index (χ2n) is 9.43. The molecule has 2 aliphatic rings. The summed E-state index contributed by atoms with van der Waals surface area (Å²) in [6.45, 7) is 6.02. The lowest BCUT2D eigenvalue weighted by molar-refractivity contribution is -0.0523. The first-order chi connectivity index (χ1) is 17.1. The monoisotopic (exact) mass is 543 g/mol. The van der Waals surface area contributed by atoms with Crippen LogP contribution in [0.15, 0.2) is 23.4 Å². The zero-order valence-electron chi connectivity index (χ0n) is 19.9. The van der Waals surface area contributed by atoms with Gasteiger partial charge in [-0.25, -0.2) is 26.9 Å². The molecule has 15 heteroatoms. The molecule has 196 valence electrons. The summed E-state index contributed by atoms with van der Waals surface area (Å²) in [5.74, 6) is 0. The van der Waals surface area contributed by atoms with Crippen LogP contribution in [0.25, 0.3) is 16.2 Å². The van der Waals surface area contributed by atoms with Gasteiger partial charge in [0.25, 0.3) is 6.43 Å². The van der Waals surface area contributed by atoms with Crippen molar-refractivity contribution in [3.63, 3.8) is 0 Å². The van der Waals surface area contributed by atoms with Crippen molar-refractivity contribution in [2.75, 3.05) is 44.9 Å². The number of imidazole rings is 1. The van der Waals surface area contributed by atoms with Crippen LogP contribution < -0.4 is 14.9 Å². The maximum atomic E-state index is 13.4. The number of nitrogens with one attached hydrogen (secondary N) is 2. The minimum absolute atomic E-state index is 0.0251. The van der Waals surface area contributed by atoms with Gasteiger partial charge in [-0.15, -0.1) is 10.2 Å². The Labute approximate surface area is 210 Å². The van der Waals surface area contributed by atoms with Crippen molar-refractivity contribution in [2.24, 2.45) is 0 Å². The fourth-order valence-electron chi connectivity index (χ4n) is 4.56. The van der Waals surface area contributed by atoms with E-state index in [0.717, 1.165) is 11.3 Å². The van der Waals surface area contributed by atoms with Gasteiger partial charge in [0, 0.05) is 32.3 Å². The summed E-state index contributed by atoms with van der Waals surface area (Å²) >= 11 is 0.727. The number of nitrogens with zero attached hydrogens (tertiary/aromatic N) is 5. The van der Waals surface area contributed by atoms with E-state index in [1.165, 1.54) is 17.0 Å². The molecule has 4 heterocycles. The molecule has 2 aliphatic heterocycles. The number of hydrogen-bond donors (Lipinski definition) is 2. The lowest BCUT2D eigenvalue weighted by Gasteiger charge is -2.39. The lowest BCUT2D eigenvalue weighted by Crippen LogP contribution is -2.59. The quantitative estimate of drug-likeness (QED) is 0.437. The number of halogens is 2. The maximum absolute atomic E-state index is 13.4. The number of aromatic nitrogens is 4. The van der Waals surface area contributed by atoms with Gasteiger partial charge >= 0.3 is 0 Å². The van der Waals surface area contributed by atoms with Crippen LogP contribution in [0.3, 0.4) is 0 Å². The normalized spacial score (nSPS) is 22.3. The fraction of sp³-hybridized carbons (Fsp3) is 0.571. The van der Waals surface area contributed by atoms with Crippen molar-refractivity contribution in [1.29, 1.82) is 0 Å². The van der Waals surface area contributed by atoms with E-state index >= 15 is 0 Å². The molecule has 0 aliphatic carbocycles. The van der Waals surface area contributed by atoms with Crippen molar-refractivity contribution >= 4 is 38.1 Å². The van der Waals surface area contributed by atoms with Gasteiger partial charge in [0.1, 0.15) is 11.8 Å². The van der Waals surface area contributed by atoms with Crippen molar-refractivity contribution in [2.45, 2.75) is 42.8 Å². The molecule has 2 N–H and O–H groups in total. The highest BCUT2D eigenvalue weighted by Crippen LogP contribution is 2.34. The minimum atomic E-state index is -3.94. The molecule has 2 atom stereocenters. The number of benzene rings is 1. The van der Waals surface area contributed by atoms with Gasteiger partial charge in [0.05, 0.1) is 41.5 Å². The van der Waals surface area contributed by atoms with Crippen LogP contribution in [0, 0.1) is 0 Å². The smallest absolute Gasteiger partial charge is 0.291 e. The number of hydrogen-bond acceptors (Lipinski definition) is 10. The van der Waals surface area contributed by atoms with Gasteiger partial charge < -0.3 is 19.7 Å². The van der Waals surface area contributed by atoms with Gasteiger partial charge in [-0.05, 0) is 26.0 Å². The third-order valence-electron chi connectivity index (χ3n) is 6.12. The van der Waals surface area contributed by atoms with Gasteiger partial charge in [0.2, 0.25) is 15.2 Å². The molecule has 2 saturated heterocycles. The molecule has 36 heavy (non-hydrogen) atoms. The van der Waals surface area contributed by atoms with E-state index in [-0.39, 0.29) is 35.3 Å². The molecule has 1 aromatic carbocycles. The minimum Gasteiger partial charge on any atom is -0.383 e. The Morgan fingerprint density at radius 3 is 2.75 bits per heavy atom. The number of methoxy groups -OCH3 is 1. The zero-order valence-corrected chi connectivity index (χ0v) is 21.6. The number of fused-ring (bicyclic) bond motifs is 1. The van der Waals surface area contributed by atoms with Crippen molar-refractivity contribution in [3.05, 3.63) is 23.5 Å². The molecule has 0 unspecified atom stereocenters. The third kappa shape index (κ3) is 4.82. The number of ether oxygens (including phenoxy) is 2. The standard InChI is InChI=1S/C21H27F2N7O4S2/c1-12-6-29(7-13(25-12)8-33-3)15-4-14(36(31,32)28-21(2)9-34-10-21)5-16-17(15)24-11-30(16)20-27-26-19(35-20)18(22)23/h4-5,11-13,18,25,28H,6-10H2,1-3H3/t12-,13-/m0/s1. The topological polar surface area (TPSA) is 124 Å². The van der Waals surface area contributed by atoms with Crippen LogP contribution in [0.1, 0.15) is 25.3 Å². The summed E-state index contributed by atoms with van der Waals surface area (Å²) in [5, 5.41) is 10.7. The van der Waals surface area contributed by atoms with Crippen LogP contribution >= 0.6 is 11.3 Å². The van der Waals surface area contributed by atoms with Crippen LogP contribution in [-0.2, 0) is 19.5 Å². The summed E-state index contributed by atoms with van der Waals surface area (Å²) in [5.41, 5.74) is 0.877. The Bertz CT molecular complexity index is 1360. The zero-order chi connectivity index (χ0) is 25.7. The maximum Gasteiger partial charge on any atom is 0.291 e. The largest absolute Gasteiger partial charge is 0.383 e. The molecular formula is C21H27F2N7O4S2. The van der Waals surface area contributed by atoms with Gasteiger partial charge in [-0.3, -0.25) is 4.57 Å². The van der Waals surface area contributed by atoms with E-state index in [4.69, 9.17) is 9.47 Å². The fourth-order valence-corrected chi connectivity index (χ4v) is 6.66. The molecule has 2 fully saturated rings. The van der Waals surface area contributed by atoms with E-state index in [0.29, 0.717) is 36.4 Å². The summed E-state index contributed by atoms with van der Waals surface area (Å²) in [6, 6.07) is 3.23. The molecule has 3 aromatic rings. The highest BCUT2D eigenvalue weighted by Gasteiger charge is 2.38. The van der Waals surface area contributed by atoms with E-state index in [2.05, 4.69) is 30.1 Å². The molecule has 0 spiro atoms. The van der Waals surface area contributed by atoms with E-state index in [1.807, 2.05) is 6.92 Å². The molecular weight excluding hydrogens is 516 g/mol. The van der Waals surface area contributed by atoms with Crippen molar-refractivity contribution in [1.82, 2.24) is 29.8 Å². The Hall–Kier alpha value is -2.30. The molecule has 5 rings (SSSR count). The first kappa shape index (κ1) is 25.4. The first-order valence-electron chi connectivity index (χ1n) is 11.3. The van der Waals surface area contributed by atoms with Crippen molar-refractivity contribution < 1.29 is 26.7 Å². The number of rotatable bonds is 8. The molecule has 11 nitrogen and oxygen atoms in total. The summed E-state index contributed by atoms with van der Waals surface area (Å²) in [6.07, 6.45) is -1.31. The number of piperazine rings is 1. The number of sulfonamides is 1. The Kier molecular flexibility index (Phi) is 6.72. The SMILES string of the molecule is COC[C@@H]1CN(c2cc(S(=O)(=O)NC3(C)COC3)cc3c2ncn3-c2nnc(C(F)F)s2)C[C@H](C)N1. The summed E-state index contributed by atoms with van der Waals surface area (Å²) in [4.78, 5) is 6.64. The predicted molar refractivity (Wildman–Crippen MR) is 130 cm³/mol. The molecule has 0 radical (unpaired) electrons. The van der Waals surface area contributed by atoms with Crippen molar-refractivity contribution in [3.8, 4) is 5.13 Å². The highest BCUT2D eigenvalue weighted by atomic mass is 32.2. The van der Waals surface area contributed by atoms with Crippen LogP contribution in [0.2, 0.25) is 0 Å². The predicted octanol–water partition coefficient (Wildman–Crippen LogP) is 1.69. The third-order valence-corrected chi connectivity index (χ3v) is 8.67. The highest BCUT2D eigenvalue weighted by molar-refractivity contribution is 7.89. The van der Waals surface area contributed by atoms with Gasteiger partial charge in [-0.1, -0.05) is 11.3 Å². The summed E-state index contributed by atoms with van der Waals surface area (Å²) < 4.78 is 68.0. The van der Waals surface area contributed by atoms with E-state index < -0.39 is 27.0 Å². The average molecular weight is 544 g/mol. The van der Waals surface area contributed by atoms with Gasteiger partial charge in [0.15, 0.2) is 5.01 Å². The second-order valence-corrected chi connectivity index (χ2v) is 12.1. The van der Waals surface area contributed by atoms with Crippen LogP contribution in [0.4, 0.5) is 14.5 Å². The van der Waals surface area contributed by atoms with E-state index in [1.54, 1.807) is 20.1 Å². The number of alkyl halides is 2. The Morgan fingerprint density at radius 1 is 1.33 bits per heavy atom. The van der Waals surface area contributed by atoms with Crippen LogP contribution in [0.5, 0.6) is 0 Å². The summed E-state index contributed by atoms with van der Waals surface area (Å²) in [7, 11) is -2.32. The number of anilines is 1. The molecule has 0 amide bonds. The molecule has 0 bridgehead atoms. The lowest BCUT2D eigenvalue weighted by atomic mass is 10.0. The van der Waals surface area contributed by atoms with Crippen LogP contribution in [-0.4, -0.2) is 85.8 Å². The van der Waals surface area contributed by atoms with E-state index in [9.17, 15) is 17.2 Å². The average Bonchev–Trinajstić information content (AvgIpc) is 3.44. The molecule has 0 saturated carbocycles. The first-order valence-corrected chi connectivity index (χ1v) is 13.6. The second kappa shape index (κ2) is 9.54.